The Kier molecular flexibility index (Phi) is 5.06. The maximum Gasteiger partial charge on any atom is 0.244 e. The minimum absolute atomic E-state index is 0.0103. The molecule has 0 radical (unpaired) electrons. The van der Waals surface area contributed by atoms with Gasteiger partial charge >= 0.3 is 0 Å². The van der Waals surface area contributed by atoms with E-state index >= 15 is 0 Å². The molecule has 0 atom stereocenters. The summed E-state index contributed by atoms with van der Waals surface area (Å²) in [4.78, 5) is 11.6. The van der Waals surface area contributed by atoms with Gasteiger partial charge in [0.25, 0.3) is 0 Å². The number of hydrogen-bond donors (Lipinski definition) is 1. The number of amides is 1. The second-order valence-electron chi connectivity index (χ2n) is 4.32. The molecule has 0 saturated carbocycles. The zero-order valence-corrected chi connectivity index (χ0v) is 11.7. The minimum atomic E-state index is -0.516. The smallest absolute Gasteiger partial charge is 0.244 e. The quantitative estimate of drug-likeness (QED) is 0.852. The lowest BCUT2D eigenvalue weighted by Crippen LogP contribution is -2.20. The molecule has 5 heteroatoms. The molecule has 0 fully saturated rings. The first-order valence-corrected chi connectivity index (χ1v) is 6.58. The number of benzene rings is 2. The van der Waals surface area contributed by atoms with Crippen molar-refractivity contribution in [3.8, 4) is 0 Å². The topological polar surface area (TPSA) is 29.1 Å². The standard InChI is InChI=1S/C16H12ClF2NO/c17-13-9-11(5-7-15(13)19)6-8-16(21)20-10-12-3-1-2-4-14(12)18/h1-9H,10H2,(H,20,21)/b8-6+. The Morgan fingerprint density at radius 3 is 2.62 bits per heavy atom. The number of rotatable bonds is 4. The fourth-order valence-corrected chi connectivity index (χ4v) is 1.86. The molecule has 2 aromatic rings. The number of halogens is 3. The van der Waals surface area contributed by atoms with Gasteiger partial charge in [-0.05, 0) is 29.8 Å². The van der Waals surface area contributed by atoms with E-state index in [1.807, 2.05) is 0 Å². The van der Waals surface area contributed by atoms with Crippen LogP contribution in [0.3, 0.4) is 0 Å². The summed E-state index contributed by atoms with van der Waals surface area (Å²) < 4.78 is 26.3. The first-order valence-electron chi connectivity index (χ1n) is 6.20. The summed E-state index contributed by atoms with van der Waals surface area (Å²) in [5.41, 5.74) is 1.01. The largest absolute Gasteiger partial charge is 0.348 e. The summed E-state index contributed by atoms with van der Waals surface area (Å²) in [5, 5.41) is 2.55. The van der Waals surface area contributed by atoms with Crippen LogP contribution in [0, 0.1) is 11.6 Å². The maximum atomic E-state index is 13.4. The number of carbonyl (C=O) groups excluding carboxylic acids is 1. The summed E-state index contributed by atoms with van der Waals surface area (Å²) in [6.07, 6.45) is 2.78. The monoisotopic (exact) mass is 307 g/mol. The third-order valence-electron chi connectivity index (χ3n) is 2.78. The molecule has 2 rings (SSSR count). The van der Waals surface area contributed by atoms with E-state index in [-0.39, 0.29) is 23.3 Å². The Balaban J connectivity index is 1.94. The van der Waals surface area contributed by atoms with Gasteiger partial charge < -0.3 is 5.32 Å². The summed E-state index contributed by atoms with van der Waals surface area (Å²) in [5.74, 6) is -1.26. The highest BCUT2D eigenvalue weighted by atomic mass is 35.5. The van der Waals surface area contributed by atoms with Gasteiger partial charge in [-0.2, -0.15) is 0 Å². The molecule has 0 bridgehead atoms. The van der Waals surface area contributed by atoms with Gasteiger partial charge in [0, 0.05) is 18.2 Å². The lowest BCUT2D eigenvalue weighted by Gasteiger charge is -2.03. The van der Waals surface area contributed by atoms with E-state index in [4.69, 9.17) is 11.6 Å². The Hall–Kier alpha value is -2.20. The molecule has 0 aromatic heterocycles. The van der Waals surface area contributed by atoms with Crippen molar-refractivity contribution >= 4 is 23.6 Å². The number of carbonyl (C=O) groups is 1. The average molecular weight is 308 g/mol. The predicted octanol–water partition coefficient (Wildman–Crippen LogP) is 3.95. The van der Waals surface area contributed by atoms with Crippen molar-refractivity contribution in [3.05, 3.63) is 76.3 Å². The van der Waals surface area contributed by atoms with Crippen molar-refractivity contribution in [1.29, 1.82) is 0 Å². The van der Waals surface area contributed by atoms with Crippen molar-refractivity contribution in [2.75, 3.05) is 0 Å². The third-order valence-corrected chi connectivity index (χ3v) is 3.07. The van der Waals surface area contributed by atoms with Gasteiger partial charge in [0.1, 0.15) is 11.6 Å². The van der Waals surface area contributed by atoms with Gasteiger partial charge in [-0.3, -0.25) is 4.79 Å². The molecule has 2 aromatic carbocycles. The second-order valence-corrected chi connectivity index (χ2v) is 4.72. The highest BCUT2D eigenvalue weighted by Crippen LogP contribution is 2.16. The molecule has 1 amide bonds. The van der Waals surface area contributed by atoms with E-state index in [1.165, 1.54) is 36.4 Å². The van der Waals surface area contributed by atoms with E-state index in [1.54, 1.807) is 18.2 Å². The maximum absolute atomic E-state index is 13.4. The van der Waals surface area contributed by atoms with E-state index in [9.17, 15) is 13.6 Å². The van der Waals surface area contributed by atoms with Gasteiger partial charge in [-0.1, -0.05) is 35.9 Å². The van der Waals surface area contributed by atoms with Crippen LogP contribution in [0.25, 0.3) is 6.08 Å². The fourth-order valence-electron chi connectivity index (χ4n) is 1.67. The summed E-state index contributed by atoms with van der Waals surface area (Å²) in [6, 6.07) is 10.3. The average Bonchev–Trinajstić information content (AvgIpc) is 2.47. The van der Waals surface area contributed by atoms with Crippen LogP contribution in [0.2, 0.25) is 5.02 Å². The number of nitrogens with one attached hydrogen (secondary N) is 1. The predicted molar refractivity (Wildman–Crippen MR) is 78.7 cm³/mol. The van der Waals surface area contributed by atoms with Crippen LogP contribution in [-0.4, -0.2) is 5.91 Å². The minimum Gasteiger partial charge on any atom is -0.348 e. The SMILES string of the molecule is O=C(/C=C/c1ccc(F)c(Cl)c1)NCc1ccccc1F. The normalized spacial score (nSPS) is 10.8. The second kappa shape index (κ2) is 6.99. The molecule has 2 nitrogen and oxygen atoms in total. The number of hydrogen-bond acceptors (Lipinski definition) is 1. The highest BCUT2D eigenvalue weighted by Gasteiger charge is 2.02. The van der Waals surface area contributed by atoms with Crippen molar-refractivity contribution in [1.82, 2.24) is 5.32 Å². The molecular weight excluding hydrogens is 296 g/mol. The van der Waals surface area contributed by atoms with Crippen molar-refractivity contribution in [2.24, 2.45) is 0 Å². The molecule has 0 aliphatic rings. The van der Waals surface area contributed by atoms with Gasteiger partial charge in [-0.25, -0.2) is 8.78 Å². The van der Waals surface area contributed by atoms with E-state index in [0.29, 0.717) is 11.1 Å². The summed E-state index contributed by atoms with van der Waals surface area (Å²) in [7, 11) is 0. The molecular formula is C16H12ClF2NO. The van der Waals surface area contributed by atoms with Crippen LogP contribution in [0.5, 0.6) is 0 Å². The molecule has 21 heavy (non-hydrogen) atoms. The fraction of sp³-hybridized carbons (Fsp3) is 0.0625. The van der Waals surface area contributed by atoms with Crippen LogP contribution < -0.4 is 5.32 Å². The first-order chi connectivity index (χ1) is 10.1. The van der Waals surface area contributed by atoms with E-state index in [0.717, 1.165) is 0 Å². The van der Waals surface area contributed by atoms with Gasteiger partial charge in [0.2, 0.25) is 5.91 Å². The first kappa shape index (κ1) is 15.2. The van der Waals surface area contributed by atoms with Crippen LogP contribution in [0.4, 0.5) is 8.78 Å². The van der Waals surface area contributed by atoms with Crippen molar-refractivity contribution in [2.45, 2.75) is 6.54 Å². The van der Waals surface area contributed by atoms with Crippen LogP contribution in [0.1, 0.15) is 11.1 Å². The van der Waals surface area contributed by atoms with E-state index < -0.39 is 5.82 Å². The lowest BCUT2D eigenvalue weighted by atomic mass is 10.2. The van der Waals surface area contributed by atoms with Crippen molar-refractivity contribution < 1.29 is 13.6 Å². The summed E-state index contributed by atoms with van der Waals surface area (Å²) in [6.45, 7) is 0.0972. The lowest BCUT2D eigenvalue weighted by molar-refractivity contribution is -0.116. The van der Waals surface area contributed by atoms with Crippen LogP contribution in [-0.2, 0) is 11.3 Å². The van der Waals surface area contributed by atoms with Gasteiger partial charge in [0.05, 0.1) is 5.02 Å². The molecule has 0 aliphatic carbocycles. The third kappa shape index (κ3) is 4.39. The summed E-state index contributed by atoms with van der Waals surface area (Å²) >= 11 is 5.64. The molecule has 0 heterocycles. The van der Waals surface area contributed by atoms with Crippen molar-refractivity contribution in [3.63, 3.8) is 0 Å². The Bertz CT molecular complexity index is 686. The highest BCUT2D eigenvalue weighted by molar-refractivity contribution is 6.30. The van der Waals surface area contributed by atoms with Crippen LogP contribution in [0.15, 0.2) is 48.5 Å². The zero-order chi connectivity index (χ0) is 15.2. The van der Waals surface area contributed by atoms with Gasteiger partial charge in [0.15, 0.2) is 0 Å². The van der Waals surface area contributed by atoms with E-state index in [2.05, 4.69) is 5.32 Å². The molecule has 0 aliphatic heterocycles. The molecule has 0 unspecified atom stereocenters. The Morgan fingerprint density at radius 2 is 1.90 bits per heavy atom. The van der Waals surface area contributed by atoms with Gasteiger partial charge in [-0.15, -0.1) is 0 Å². The molecule has 0 spiro atoms. The zero-order valence-electron chi connectivity index (χ0n) is 10.9. The molecule has 108 valence electrons. The Morgan fingerprint density at radius 1 is 1.14 bits per heavy atom. The molecule has 0 saturated heterocycles. The molecule has 1 N–H and O–H groups in total. The Labute approximate surface area is 126 Å². The van der Waals surface area contributed by atoms with Crippen LogP contribution >= 0.6 is 11.6 Å².